The Balaban J connectivity index is 1.71. The maximum atomic E-state index is 10.2. The van der Waals surface area contributed by atoms with Crippen LogP contribution in [0.15, 0.2) is 72.0 Å². The maximum Gasteiger partial charge on any atom is 0.141 e. The second-order valence-corrected chi connectivity index (χ2v) is 5.62. The van der Waals surface area contributed by atoms with Gasteiger partial charge in [0.15, 0.2) is 0 Å². The number of nitrogens with one attached hydrogen (secondary N) is 1. The number of hydrogen-bond acceptors (Lipinski definition) is 5. The fraction of sp³-hybridized carbons (Fsp3) is 0. The highest BCUT2D eigenvalue weighted by atomic mass is 16.3. The second kappa shape index (κ2) is 6.13. The van der Waals surface area contributed by atoms with Gasteiger partial charge in [-0.3, -0.25) is 10.4 Å². The van der Waals surface area contributed by atoms with Crippen LogP contribution in [0.25, 0.3) is 21.7 Å². The lowest BCUT2D eigenvalue weighted by Gasteiger charge is -2.07. The van der Waals surface area contributed by atoms with Gasteiger partial charge in [0.25, 0.3) is 0 Å². The summed E-state index contributed by atoms with van der Waals surface area (Å²) in [5.74, 6) is 0.290. The molecule has 0 aliphatic carbocycles. The molecule has 0 fully saturated rings. The summed E-state index contributed by atoms with van der Waals surface area (Å²) in [5.41, 5.74) is 4.84. The van der Waals surface area contributed by atoms with E-state index in [1.807, 2.05) is 36.4 Å². The number of hydrogen-bond donors (Lipinski definition) is 3. The van der Waals surface area contributed by atoms with Crippen LogP contribution < -0.4 is 5.43 Å². The lowest BCUT2D eigenvalue weighted by atomic mass is 10.0. The maximum absolute atomic E-state index is 10.2. The highest BCUT2D eigenvalue weighted by Crippen LogP contribution is 2.29. The van der Waals surface area contributed by atoms with Gasteiger partial charge in [0, 0.05) is 17.1 Å². The van der Waals surface area contributed by atoms with Gasteiger partial charge in [-0.25, -0.2) is 0 Å². The van der Waals surface area contributed by atoms with Crippen LogP contribution in [-0.2, 0) is 0 Å². The molecule has 0 spiro atoms. The fourth-order valence-electron chi connectivity index (χ4n) is 2.84. The number of rotatable bonds is 3. The molecule has 122 valence electrons. The molecule has 0 saturated carbocycles. The van der Waals surface area contributed by atoms with Crippen molar-refractivity contribution in [1.29, 1.82) is 0 Å². The molecular formula is C20H15N3O2. The van der Waals surface area contributed by atoms with Gasteiger partial charge in [-0.05, 0) is 41.1 Å². The Bertz CT molecular complexity index is 1110. The van der Waals surface area contributed by atoms with E-state index in [1.54, 1.807) is 36.7 Å². The molecule has 1 aromatic heterocycles. The average molecular weight is 329 g/mol. The first-order valence-electron chi connectivity index (χ1n) is 7.80. The van der Waals surface area contributed by atoms with Gasteiger partial charge in [0.2, 0.25) is 0 Å². The number of phenols is 2. The van der Waals surface area contributed by atoms with Crippen molar-refractivity contribution in [2.75, 3.05) is 5.43 Å². The zero-order valence-electron chi connectivity index (χ0n) is 13.2. The summed E-state index contributed by atoms with van der Waals surface area (Å²) in [7, 11) is 0. The monoisotopic (exact) mass is 329 g/mol. The average Bonchev–Trinajstić information content (AvgIpc) is 2.65. The van der Waals surface area contributed by atoms with Gasteiger partial charge in [-0.15, -0.1) is 0 Å². The van der Waals surface area contributed by atoms with Crippen LogP contribution >= 0.6 is 0 Å². The molecule has 0 aliphatic heterocycles. The van der Waals surface area contributed by atoms with Crippen molar-refractivity contribution in [1.82, 2.24) is 4.98 Å². The molecular weight excluding hydrogens is 314 g/mol. The van der Waals surface area contributed by atoms with Crippen LogP contribution in [0.1, 0.15) is 5.56 Å². The Morgan fingerprint density at radius 2 is 1.64 bits per heavy atom. The summed E-state index contributed by atoms with van der Waals surface area (Å²) < 4.78 is 0. The van der Waals surface area contributed by atoms with E-state index in [0.29, 0.717) is 11.1 Å². The van der Waals surface area contributed by atoms with Gasteiger partial charge >= 0.3 is 0 Å². The van der Waals surface area contributed by atoms with E-state index in [-0.39, 0.29) is 11.5 Å². The zero-order valence-corrected chi connectivity index (χ0v) is 13.2. The first-order valence-corrected chi connectivity index (χ1v) is 7.80. The largest absolute Gasteiger partial charge is 0.507 e. The van der Waals surface area contributed by atoms with E-state index in [0.717, 1.165) is 21.8 Å². The van der Waals surface area contributed by atoms with Crippen LogP contribution in [-0.4, -0.2) is 21.4 Å². The molecule has 0 atom stereocenters. The van der Waals surface area contributed by atoms with Gasteiger partial charge in [-0.1, -0.05) is 30.3 Å². The van der Waals surface area contributed by atoms with Crippen LogP contribution in [0.5, 0.6) is 11.5 Å². The van der Waals surface area contributed by atoms with E-state index in [2.05, 4.69) is 15.5 Å². The smallest absolute Gasteiger partial charge is 0.141 e. The van der Waals surface area contributed by atoms with Crippen LogP contribution in [0.4, 0.5) is 5.69 Å². The molecule has 5 nitrogen and oxygen atoms in total. The third kappa shape index (κ3) is 2.72. The minimum Gasteiger partial charge on any atom is -0.507 e. The Hall–Kier alpha value is -3.60. The molecule has 0 bridgehead atoms. The van der Waals surface area contributed by atoms with Gasteiger partial charge in [0.05, 0.1) is 11.9 Å². The van der Waals surface area contributed by atoms with Crippen molar-refractivity contribution in [2.24, 2.45) is 5.10 Å². The van der Waals surface area contributed by atoms with E-state index in [9.17, 15) is 10.2 Å². The van der Waals surface area contributed by atoms with Gasteiger partial charge in [-0.2, -0.15) is 5.10 Å². The highest BCUT2D eigenvalue weighted by molar-refractivity contribution is 6.03. The van der Waals surface area contributed by atoms with Gasteiger partial charge in [0.1, 0.15) is 17.0 Å². The lowest BCUT2D eigenvalue weighted by Crippen LogP contribution is -1.94. The normalized spacial score (nSPS) is 11.4. The molecule has 5 heteroatoms. The fourth-order valence-corrected chi connectivity index (χ4v) is 2.84. The molecule has 25 heavy (non-hydrogen) atoms. The lowest BCUT2D eigenvalue weighted by molar-refractivity contribution is 0.475. The summed E-state index contributed by atoms with van der Waals surface area (Å²) in [6.07, 6.45) is 3.22. The van der Waals surface area contributed by atoms with Crippen LogP contribution in [0.3, 0.4) is 0 Å². The second-order valence-electron chi connectivity index (χ2n) is 5.62. The molecule has 4 rings (SSSR count). The Morgan fingerprint density at radius 1 is 0.840 bits per heavy atom. The summed E-state index contributed by atoms with van der Waals surface area (Å²) in [6.45, 7) is 0. The number of anilines is 1. The minimum absolute atomic E-state index is 0.122. The van der Waals surface area contributed by atoms with Crippen molar-refractivity contribution >= 4 is 33.6 Å². The van der Waals surface area contributed by atoms with Crippen molar-refractivity contribution in [3.05, 3.63) is 72.4 Å². The number of hydrazone groups is 1. The molecule has 0 amide bonds. The summed E-state index contributed by atoms with van der Waals surface area (Å²) in [6, 6.07) is 18.3. The summed E-state index contributed by atoms with van der Waals surface area (Å²) in [4.78, 5) is 4.18. The Kier molecular flexibility index (Phi) is 3.67. The van der Waals surface area contributed by atoms with Crippen LogP contribution in [0.2, 0.25) is 0 Å². The molecule has 0 saturated heterocycles. The molecule has 0 radical (unpaired) electrons. The van der Waals surface area contributed by atoms with Gasteiger partial charge < -0.3 is 10.2 Å². The molecule has 0 unspecified atom stereocenters. The molecule has 3 aromatic carbocycles. The van der Waals surface area contributed by atoms with Crippen molar-refractivity contribution in [3.8, 4) is 11.5 Å². The van der Waals surface area contributed by atoms with Crippen LogP contribution in [0, 0.1) is 0 Å². The third-order valence-electron chi connectivity index (χ3n) is 4.07. The first kappa shape index (κ1) is 15.0. The first-order chi connectivity index (χ1) is 12.2. The van der Waals surface area contributed by atoms with E-state index >= 15 is 0 Å². The standard InChI is InChI=1S/C20H15N3O2/c24-18-9-7-13-4-1-2-5-14(13)16(18)12-22-23-17-8-10-19(25)20-15(17)6-3-11-21-20/h1-12,23-25H/b22-12+. The predicted molar refractivity (Wildman–Crippen MR) is 100 cm³/mol. The highest BCUT2D eigenvalue weighted by Gasteiger charge is 2.06. The Labute approximate surface area is 143 Å². The van der Waals surface area contributed by atoms with Crippen molar-refractivity contribution < 1.29 is 10.2 Å². The predicted octanol–water partition coefficient (Wildman–Crippen LogP) is 4.25. The minimum atomic E-state index is 0.122. The topological polar surface area (TPSA) is 77.7 Å². The Morgan fingerprint density at radius 3 is 2.56 bits per heavy atom. The SMILES string of the molecule is Oc1ccc2ccccc2c1/C=N/Nc1ccc(O)c2ncccc12. The number of phenolic OH excluding ortho intramolecular Hbond substituents is 2. The van der Waals surface area contributed by atoms with E-state index in [1.165, 1.54) is 0 Å². The number of fused-ring (bicyclic) bond motifs is 2. The third-order valence-corrected chi connectivity index (χ3v) is 4.07. The van der Waals surface area contributed by atoms with E-state index < -0.39 is 0 Å². The number of nitrogens with zero attached hydrogens (tertiary/aromatic N) is 2. The summed E-state index contributed by atoms with van der Waals surface area (Å²) >= 11 is 0. The molecule has 3 N–H and O–H groups in total. The number of aromatic hydroxyl groups is 2. The number of aromatic nitrogens is 1. The van der Waals surface area contributed by atoms with Crippen molar-refractivity contribution in [2.45, 2.75) is 0 Å². The number of pyridine rings is 1. The quantitative estimate of drug-likeness (QED) is 0.298. The molecule has 0 aliphatic rings. The molecule has 4 aromatic rings. The zero-order chi connectivity index (χ0) is 17.2. The van der Waals surface area contributed by atoms with E-state index in [4.69, 9.17) is 0 Å². The van der Waals surface area contributed by atoms with Crippen molar-refractivity contribution in [3.63, 3.8) is 0 Å². The molecule has 1 heterocycles. The summed E-state index contributed by atoms with van der Waals surface area (Å²) in [5, 5.41) is 27.0. The number of benzene rings is 3.